The van der Waals surface area contributed by atoms with Crippen LogP contribution in [0.5, 0.6) is 17.2 Å². The van der Waals surface area contributed by atoms with Crippen molar-refractivity contribution in [1.82, 2.24) is 0 Å². The second kappa shape index (κ2) is 17.4. The maximum Gasteiger partial charge on any atom is 0.119 e. The fourth-order valence-electron chi connectivity index (χ4n) is 10.2. The minimum absolute atomic E-state index is 0.252. The van der Waals surface area contributed by atoms with Gasteiger partial charge in [-0.3, -0.25) is 0 Å². The third kappa shape index (κ3) is 7.22. The van der Waals surface area contributed by atoms with Gasteiger partial charge in [-0.25, -0.2) is 0 Å². The summed E-state index contributed by atoms with van der Waals surface area (Å²) in [7, 11) is 5.14. The van der Waals surface area contributed by atoms with Crippen molar-refractivity contribution in [2.24, 2.45) is 0 Å². The van der Waals surface area contributed by atoms with Crippen molar-refractivity contribution >= 4 is 72.7 Å². The SMILES string of the molecule is COc1ccc(N(c2ccccc2)c2ccc3c(N(c4ccccc4)c4ccc(OC)cc4)c4cc5c(cc4c(N(c4ccccc4)c4ccc(OC)cc4)c3c2)-c2ccccc2C5(C)C)cc1. The first-order valence-corrected chi connectivity index (χ1v) is 23.0. The van der Waals surface area contributed by atoms with E-state index in [1.54, 1.807) is 21.3 Å². The molecule has 0 amide bonds. The highest BCUT2D eigenvalue weighted by molar-refractivity contribution is 6.25. The van der Waals surface area contributed by atoms with E-state index in [0.29, 0.717) is 0 Å². The highest BCUT2D eigenvalue weighted by Gasteiger charge is 2.37. The predicted octanol–water partition coefficient (Wildman–Crippen LogP) is 16.7. The van der Waals surface area contributed by atoms with Crippen molar-refractivity contribution in [2.75, 3.05) is 36.0 Å². The van der Waals surface area contributed by atoms with E-state index in [0.717, 1.165) is 90.0 Å². The molecule has 0 saturated carbocycles. The first-order chi connectivity index (χ1) is 33.4. The van der Waals surface area contributed by atoms with E-state index < -0.39 is 0 Å². The first-order valence-electron chi connectivity index (χ1n) is 23.0. The molecule has 0 unspecified atom stereocenters. The maximum absolute atomic E-state index is 5.74. The minimum atomic E-state index is -0.252. The molecule has 0 aliphatic heterocycles. The molecule has 6 nitrogen and oxygen atoms in total. The summed E-state index contributed by atoms with van der Waals surface area (Å²) in [5, 5.41) is 4.39. The van der Waals surface area contributed by atoms with E-state index in [-0.39, 0.29) is 5.41 Å². The van der Waals surface area contributed by atoms with Crippen molar-refractivity contribution in [3.05, 3.63) is 230 Å². The van der Waals surface area contributed by atoms with Crippen molar-refractivity contribution in [2.45, 2.75) is 19.3 Å². The standard InChI is InChI=1S/C62H51N3O3/c1-62(2)58-24-16-15-23-52(58)54-40-56-57(41-59(54)62)60(64(43-19-11-7-12-20-43)46-27-34-50(67-4)35-28-46)53-38-31-48(63(42-17-9-6-10-18-42)45-25-32-49(66-3)33-26-45)39-55(53)61(56)65(44-21-13-8-14-22-44)47-29-36-51(68-5)37-30-47/h6-41H,1-5H3. The van der Waals surface area contributed by atoms with Crippen LogP contribution < -0.4 is 28.9 Å². The Morgan fingerprint density at radius 1 is 0.294 bits per heavy atom. The van der Waals surface area contributed by atoms with Gasteiger partial charge in [0.2, 0.25) is 0 Å². The molecule has 6 heteroatoms. The number of hydrogen-bond donors (Lipinski definition) is 0. The van der Waals surface area contributed by atoms with Crippen LogP contribution in [0.15, 0.2) is 218 Å². The van der Waals surface area contributed by atoms with E-state index in [4.69, 9.17) is 14.2 Å². The molecule has 0 N–H and O–H groups in total. The van der Waals surface area contributed by atoms with Gasteiger partial charge in [0.05, 0.1) is 32.7 Å². The van der Waals surface area contributed by atoms with Crippen LogP contribution in [-0.2, 0) is 5.41 Å². The van der Waals surface area contributed by atoms with E-state index in [1.165, 1.54) is 22.3 Å². The van der Waals surface area contributed by atoms with Gasteiger partial charge in [0.25, 0.3) is 0 Å². The summed E-state index contributed by atoms with van der Waals surface area (Å²) in [6.45, 7) is 4.72. The Hall–Kier alpha value is -8.48. The van der Waals surface area contributed by atoms with Crippen molar-refractivity contribution < 1.29 is 14.2 Å². The van der Waals surface area contributed by atoms with Crippen LogP contribution in [0.1, 0.15) is 25.0 Å². The Morgan fingerprint density at radius 3 is 1.15 bits per heavy atom. The highest BCUT2D eigenvalue weighted by Crippen LogP contribution is 2.57. The molecule has 0 radical (unpaired) electrons. The lowest BCUT2D eigenvalue weighted by Gasteiger charge is -2.34. The zero-order chi connectivity index (χ0) is 46.4. The molecule has 0 bridgehead atoms. The molecule has 0 fully saturated rings. The molecule has 1 aliphatic carbocycles. The maximum atomic E-state index is 5.74. The van der Waals surface area contributed by atoms with Crippen molar-refractivity contribution in [1.29, 1.82) is 0 Å². The summed E-state index contributed by atoms with van der Waals surface area (Å²) in [6.07, 6.45) is 0. The van der Waals surface area contributed by atoms with Gasteiger partial charge in [-0.2, -0.15) is 0 Å². The Bertz CT molecular complexity index is 3410. The molecular weight excluding hydrogens is 835 g/mol. The van der Waals surface area contributed by atoms with Crippen LogP contribution in [0.4, 0.5) is 51.2 Å². The lowest BCUT2D eigenvalue weighted by Crippen LogP contribution is -2.17. The molecule has 0 aromatic heterocycles. The predicted molar refractivity (Wildman–Crippen MR) is 283 cm³/mol. The van der Waals surface area contributed by atoms with Crippen LogP contribution in [0.2, 0.25) is 0 Å². The Balaban J connectivity index is 1.34. The summed E-state index contributed by atoms with van der Waals surface area (Å²) in [5.74, 6) is 2.39. The van der Waals surface area contributed by atoms with E-state index in [2.05, 4.69) is 211 Å². The van der Waals surface area contributed by atoms with Crippen LogP contribution in [0.25, 0.3) is 32.7 Å². The van der Waals surface area contributed by atoms with Gasteiger partial charge in [-0.05, 0) is 156 Å². The number of methoxy groups -OCH3 is 3. The topological polar surface area (TPSA) is 37.4 Å². The number of fused-ring (bicyclic) bond motifs is 5. The van der Waals surface area contributed by atoms with E-state index in [9.17, 15) is 0 Å². The summed E-state index contributed by atoms with van der Waals surface area (Å²) >= 11 is 0. The van der Waals surface area contributed by atoms with Crippen molar-refractivity contribution in [3.8, 4) is 28.4 Å². The number of rotatable bonds is 12. The second-order valence-electron chi connectivity index (χ2n) is 17.6. The van der Waals surface area contributed by atoms with Gasteiger partial charge >= 0.3 is 0 Å². The molecule has 1 aliphatic rings. The molecule has 11 rings (SSSR count). The van der Waals surface area contributed by atoms with Gasteiger partial charge in [0.15, 0.2) is 0 Å². The fourth-order valence-corrected chi connectivity index (χ4v) is 10.2. The minimum Gasteiger partial charge on any atom is -0.497 e. The van der Waals surface area contributed by atoms with Crippen LogP contribution in [0, 0.1) is 0 Å². The molecular formula is C62H51N3O3. The van der Waals surface area contributed by atoms with E-state index in [1.807, 2.05) is 36.4 Å². The van der Waals surface area contributed by atoms with Gasteiger partial charge in [0, 0.05) is 66.8 Å². The summed E-state index contributed by atoms with van der Waals surface area (Å²) in [5.41, 5.74) is 14.1. The lowest BCUT2D eigenvalue weighted by molar-refractivity contribution is 0.414. The van der Waals surface area contributed by atoms with Crippen molar-refractivity contribution in [3.63, 3.8) is 0 Å². The van der Waals surface area contributed by atoms with E-state index >= 15 is 0 Å². The van der Waals surface area contributed by atoms with Crippen LogP contribution >= 0.6 is 0 Å². The first kappa shape index (κ1) is 42.2. The average molecular weight is 886 g/mol. The molecule has 0 saturated heterocycles. The lowest BCUT2D eigenvalue weighted by atomic mass is 9.81. The third-order valence-corrected chi connectivity index (χ3v) is 13.5. The van der Waals surface area contributed by atoms with Crippen LogP contribution in [-0.4, -0.2) is 21.3 Å². The molecule has 0 spiro atoms. The largest absolute Gasteiger partial charge is 0.497 e. The molecule has 10 aromatic rings. The molecule has 0 atom stereocenters. The summed E-state index contributed by atoms with van der Waals surface area (Å²) in [6, 6.07) is 78.0. The molecule has 332 valence electrons. The zero-order valence-corrected chi connectivity index (χ0v) is 38.9. The molecule has 68 heavy (non-hydrogen) atoms. The monoisotopic (exact) mass is 885 g/mol. The van der Waals surface area contributed by atoms with Gasteiger partial charge in [-0.15, -0.1) is 0 Å². The normalized spacial score (nSPS) is 12.3. The molecule has 0 heterocycles. The highest BCUT2D eigenvalue weighted by atomic mass is 16.5. The quantitative estimate of drug-likeness (QED) is 0.0899. The fraction of sp³-hybridized carbons (Fsp3) is 0.0968. The summed E-state index contributed by atoms with van der Waals surface area (Å²) < 4.78 is 17.1. The Kier molecular flexibility index (Phi) is 10.8. The smallest absolute Gasteiger partial charge is 0.119 e. The number of benzene rings is 10. The number of para-hydroxylation sites is 3. The number of anilines is 9. The van der Waals surface area contributed by atoms with Gasteiger partial charge in [0.1, 0.15) is 17.2 Å². The third-order valence-electron chi connectivity index (χ3n) is 13.5. The zero-order valence-electron chi connectivity index (χ0n) is 38.9. The van der Waals surface area contributed by atoms with Crippen LogP contribution in [0.3, 0.4) is 0 Å². The second-order valence-corrected chi connectivity index (χ2v) is 17.6. The summed E-state index contributed by atoms with van der Waals surface area (Å²) in [4.78, 5) is 7.18. The number of nitrogens with zero attached hydrogens (tertiary/aromatic N) is 3. The number of hydrogen-bond acceptors (Lipinski definition) is 6. The molecule has 10 aromatic carbocycles. The Morgan fingerprint density at radius 2 is 0.662 bits per heavy atom. The number of ether oxygens (including phenoxy) is 3. The van der Waals surface area contributed by atoms with Gasteiger partial charge in [-0.1, -0.05) is 98.8 Å². The van der Waals surface area contributed by atoms with Gasteiger partial charge < -0.3 is 28.9 Å². The average Bonchev–Trinajstić information content (AvgIpc) is 3.62. The Labute approximate surface area is 398 Å².